The van der Waals surface area contributed by atoms with Gasteiger partial charge >= 0.3 is 6.03 Å². The average Bonchev–Trinajstić information content (AvgIpc) is 2.44. The fourth-order valence-electron chi connectivity index (χ4n) is 2.15. The van der Waals surface area contributed by atoms with Crippen molar-refractivity contribution in [3.63, 3.8) is 0 Å². The van der Waals surface area contributed by atoms with Gasteiger partial charge in [-0.3, -0.25) is 4.21 Å². The van der Waals surface area contributed by atoms with Crippen LogP contribution in [0.1, 0.15) is 59.9 Å². The summed E-state index contributed by atoms with van der Waals surface area (Å²) in [5.41, 5.74) is 1.70. The van der Waals surface area contributed by atoms with Crippen molar-refractivity contribution in [2.75, 3.05) is 5.32 Å². The Morgan fingerprint density at radius 3 is 2.42 bits per heavy atom. The number of hydrogen-bond donors (Lipinski definition) is 2. The molecule has 0 fully saturated rings. The highest BCUT2D eigenvalue weighted by atomic mass is 32.2. The number of carbonyl (C=O) groups is 1. The standard InChI is InChI=1S/C19H32N2O2S/c1-14(2)10-11-15(3)20-18(22)21-17-9-7-8-16(12-17)13-24(23)19(4,5)6/h7-9,12,14-15H,10-11,13H2,1-6H3,(H2,20,21,22). The number of rotatable bonds is 7. The van der Waals surface area contributed by atoms with Crippen molar-refractivity contribution in [1.29, 1.82) is 0 Å². The molecule has 2 N–H and O–H groups in total. The van der Waals surface area contributed by atoms with E-state index in [1.165, 1.54) is 0 Å². The van der Waals surface area contributed by atoms with Crippen molar-refractivity contribution in [3.05, 3.63) is 29.8 Å². The maximum Gasteiger partial charge on any atom is 0.319 e. The minimum absolute atomic E-state index is 0.143. The summed E-state index contributed by atoms with van der Waals surface area (Å²) in [6.07, 6.45) is 2.06. The monoisotopic (exact) mass is 352 g/mol. The third-order valence-corrected chi connectivity index (χ3v) is 5.68. The van der Waals surface area contributed by atoms with Gasteiger partial charge in [0, 0.05) is 33.0 Å². The summed E-state index contributed by atoms with van der Waals surface area (Å²) in [5, 5.41) is 5.82. The summed E-state index contributed by atoms with van der Waals surface area (Å²) >= 11 is 0. The van der Waals surface area contributed by atoms with E-state index in [-0.39, 0.29) is 16.8 Å². The minimum atomic E-state index is -0.954. The van der Waals surface area contributed by atoms with E-state index in [9.17, 15) is 9.00 Å². The Morgan fingerprint density at radius 1 is 1.17 bits per heavy atom. The highest BCUT2D eigenvalue weighted by molar-refractivity contribution is 7.85. The SMILES string of the molecule is CC(C)CCC(C)NC(=O)Nc1cccc(CS(=O)C(C)(C)C)c1. The average molecular weight is 353 g/mol. The van der Waals surface area contributed by atoms with Gasteiger partial charge in [-0.2, -0.15) is 0 Å². The zero-order chi connectivity index (χ0) is 18.3. The molecule has 0 aliphatic heterocycles. The first-order chi connectivity index (χ1) is 11.1. The summed E-state index contributed by atoms with van der Waals surface area (Å²) in [6, 6.07) is 7.51. The largest absolute Gasteiger partial charge is 0.335 e. The van der Waals surface area contributed by atoms with E-state index >= 15 is 0 Å². The lowest BCUT2D eigenvalue weighted by Gasteiger charge is -2.18. The molecule has 0 aromatic heterocycles. The molecule has 2 amide bonds. The molecular formula is C19H32N2O2S. The lowest BCUT2D eigenvalue weighted by atomic mass is 10.0. The van der Waals surface area contributed by atoms with Gasteiger partial charge in [0.25, 0.3) is 0 Å². The topological polar surface area (TPSA) is 58.2 Å². The van der Waals surface area contributed by atoms with Crippen LogP contribution in [0.5, 0.6) is 0 Å². The predicted octanol–water partition coefficient (Wildman–Crippen LogP) is 4.68. The number of carbonyl (C=O) groups excluding carboxylic acids is 1. The molecule has 2 unspecified atom stereocenters. The van der Waals surface area contributed by atoms with Crippen molar-refractivity contribution in [1.82, 2.24) is 5.32 Å². The Balaban J connectivity index is 2.58. The first-order valence-electron chi connectivity index (χ1n) is 8.63. The van der Waals surface area contributed by atoms with Crippen LogP contribution in [0.15, 0.2) is 24.3 Å². The highest BCUT2D eigenvalue weighted by Gasteiger charge is 2.19. The lowest BCUT2D eigenvalue weighted by molar-refractivity contribution is 0.248. The van der Waals surface area contributed by atoms with E-state index in [0.29, 0.717) is 11.7 Å². The molecule has 0 bridgehead atoms. The Morgan fingerprint density at radius 2 is 1.83 bits per heavy atom. The van der Waals surface area contributed by atoms with E-state index in [1.807, 2.05) is 52.0 Å². The molecule has 1 rings (SSSR count). The second kappa shape index (κ2) is 9.21. The highest BCUT2D eigenvalue weighted by Crippen LogP contribution is 2.18. The van der Waals surface area contributed by atoms with E-state index in [4.69, 9.17) is 0 Å². The molecule has 0 heterocycles. The van der Waals surface area contributed by atoms with Crippen LogP contribution in [0.2, 0.25) is 0 Å². The Labute approximate surface area is 149 Å². The van der Waals surface area contributed by atoms with E-state index in [0.717, 1.165) is 24.1 Å². The first-order valence-corrected chi connectivity index (χ1v) is 9.94. The van der Waals surface area contributed by atoms with Gasteiger partial charge in [-0.05, 0) is 64.2 Å². The van der Waals surface area contributed by atoms with Crippen molar-refractivity contribution >= 4 is 22.5 Å². The van der Waals surface area contributed by atoms with E-state index < -0.39 is 10.8 Å². The van der Waals surface area contributed by atoms with Crippen molar-refractivity contribution in [3.8, 4) is 0 Å². The molecule has 2 atom stereocenters. The summed E-state index contributed by atoms with van der Waals surface area (Å²) in [5.74, 6) is 1.13. The summed E-state index contributed by atoms with van der Waals surface area (Å²) < 4.78 is 12.0. The second-order valence-corrected chi connectivity index (χ2v) is 9.98. The van der Waals surface area contributed by atoms with Crippen LogP contribution >= 0.6 is 0 Å². The molecule has 1 aromatic rings. The van der Waals surface area contributed by atoms with Crippen molar-refractivity contribution in [2.45, 2.75) is 70.9 Å². The second-order valence-electron chi connectivity index (χ2n) is 7.77. The predicted molar refractivity (Wildman–Crippen MR) is 104 cm³/mol. The van der Waals surface area contributed by atoms with Crippen molar-refractivity contribution < 1.29 is 9.00 Å². The van der Waals surface area contributed by atoms with Crippen LogP contribution in [-0.4, -0.2) is 21.0 Å². The van der Waals surface area contributed by atoms with Gasteiger partial charge in [0.15, 0.2) is 0 Å². The van der Waals surface area contributed by atoms with Crippen LogP contribution in [0.4, 0.5) is 10.5 Å². The minimum Gasteiger partial charge on any atom is -0.335 e. The molecular weight excluding hydrogens is 320 g/mol. The Bertz CT molecular complexity index is 565. The molecule has 0 radical (unpaired) electrons. The Hall–Kier alpha value is -1.36. The van der Waals surface area contributed by atoms with Crippen LogP contribution in [0.3, 0.4) is 0 Å². The fraction of sp³-hybridized carbons (Fsp3) is 0.632. The molecule has 24 heavy (non-hydrogen) atoms. The van der Waals surface area contributed by atoms with Gasteiger partial charge in [-0.15, -0.1) is 0 Å². The number of anilines is 1. The molecule has 136 valence electrons. The molecule has 0 saturated heterocycles. The smallest absolute Gasteiger partial charge is 0.319 e. The zero-order valence-electron chi connectivity index (χ0n) is 15.8. The quantitative estimate of drug-likeness (QED) is 0.748. The number of urea groups is 1. The molecule has 1 aromatic carbocycles. The molecule has 0 saturated carbocycles. The molecule has 0 aliphatic rings. The zero-order valence-corrected chi connectivity index (χ0v) is 16.6. The first kappa shape index (κ1) is 20.7. The van der Waals surface area contributed by atoms with Crippen LogP contribution < -0.4 is 10.6 Å². The number of hydrogen-bond acceptors (Lipinski definition) is 2. The number of amides is 2. The lowest BCUT2D eigenvalue weighted by Crippen LogP contribution is -2.36. The van der Waals surface area contributed by atoms with Gasteiger partial charge in [0.2, 0.25) is 0 Å². The number of nitrogens with one attached hydrogen (secondary N) is 2. The summed E-state index contributed by atoms with van der Waals surface area (Å²) in [6.45, 7) is 12.3. The summed E-state index contributed by atoms with van der Waals surface area (Å²) in [7, 11) is -0.954. The van der Waals surface area contributed by atoms with Gasteiger partial charge in [-0.25, -0.2) is 4.79 Å². The molecule has 0 spiro atoms. The van der Waals surface area contributed by atoms with E-state index in [1.54, 1.807) is 0 Å². The fourth-order valence-corrected chi connectivity index (χ4v) is 3.07. The van der Waals surface area contributed by atoms with Gasteiger partial charge in [0.1, 0.15) is 0 Å². The van der Waals surface area contributed by atoms with Gasteiger partial charge in [-0.1, -0.05) is 26.0 Å². The summed E-state index contributed by atoms with van der Waals surface area (Å²) in [4.78, 5) is 12.1. The molecule has 5 heteroatoms. The van der Waals surface area contributed by atoms with Crippen LogP contribution in [0, 0.1) is 5.92 Å². The number of benzene rings is 1. The third kappa shape index (κ3) is 7.95. The molecule has 4 nitrogen and oxygen atoms in total. The Kier molecular flexibility index (Phi) is 7.94. The maximum absolute atomic E-state index is 12.3. The van der Waals surface area contributed by atoms with Crippen LogP contribution in [-0.2, 0) is 16.6 Å². The van der Waals surface area contributed by atoms with Crippen LogP contribution in [0.25, 0.3) is 0 Å². The van der Waals surface area contributed by atoms with E-state index in [2.05, 4.69) is 24.5 Å². The van der Waals surface area contributed by atoms with Gasteiger partial charge < -0.3 is 10.6 Å². The van der Waals surface area contributed by atoms with Crippen molar-refractivity contribution in [2.24, 2.45) is 5.92 Å². The maximum atomic E-state index is 12.3. The molecule has 0 aliphatic carbocycles. The normalized spacial score (nSPS) is 14.3. The third-order valence-electron chi connectivity index (χ3n) is 3.72. The van der Waals surface area contributed by atoms with Gasteiger partial charge in [0.05, 0.1) is 0 Å².